The quantitative estimate of drug-likeness (QED) is 0.620. The van der Waals surface area contributed by atoms with Gasteiger partial charge in [-0.1, -0.05) is 55.0 Å². The second-order valence-electron chi connectivity index (χ2n) is 6.82. The SMILES string of the molecule is c1ccc2c(c1)CCC(C1CCCCc3ccccc31)C2. The lowest BCUT2D eigenvalue weighted by molar-refractivity contribution is 0.356. The molecule has 0 saturated carbocycles. The van der Waals surface area contributed by atoms with Crippen molar-refractivity contribution in [1.82, 2.24) is 0 Å². The Morgan fingerprint density at radius 2 is 1.43 bits per heavy atom. The first-order valence-electron chi connectivity index (χ1n) is 8.56. The van der Waals surface area contributed by atoms with Gasteiger partial charge in [0.15, 0.2) is 0 Å². The van der Waals surface area contributed by atoms with E-state index >= 15 is 0 Å². The van der Waals surface area contributed by atoms with E-state index in [-0.39, 0.29) is 0 Å². The fourth-order valence-corrected chi connectivity index (χ4v) is 4.52. The van der Waals surface area contributed by atoms with E-state index in [0.29, 0.717) is 0 Å². The monoisotopic (exact) mass is 276 g/mol. The van der Waals surface area contributed by atoms with Gasteiger partial charge in [-0.2, -0.15) is 0 Å². The summed E-state index contributed by atoms with van der Waals surface area (Å²) in [5.41, 5.74) is 6.49. The Morgan fingerprint density at radius 1 is 0.667 bits per heavy atom. The van der Waals surface area contributed by atoms with Crippen molar-refractivity contribution in [3.63, 3.8) is 0 Å². The molecule has 2 aliphatic carbocycles. The van der Waals surface area contributed by atoms with Crippen LogP contribution in [0.25, 0.3) is 0 Å². The van der Waals surface area contributed by atoms with Crippen molar-refractivity contribution in [1.29, 1.82) is 0 Å². The Morgan fingerprint density at radius 3 is 2.33 bits per heavy atom. The van der Waals surface area contributed by atoms with Crippen molar-refractivity contribution in [2.75, 3.05) is 0 Å². The highest BCUT2D eigenvalue weighted by molar-refractivity contribution is 5.35. The standard InChI is InChI=1S/C21H24/c1-2-10-18-15-19(14-13-16(18)7-1)21-12-6-4-9-17-8-3-5-11-20(17)21/h1-3,5,7-8,10-11,19,21H,4,6,9,12-15H2. The van der Waals surface area contributed by atoms with Gasteiger partial charge in [-0.15, -0.1) is 0 Å². The number of benzene rings is 2. The van der Waals surface area contributed by atoms with E-state index in [0.717, 1.165) is 11.8 Å². The normalized spacial score (nSPS) is 24.8. The zero-order valence-electron chi connectivity index (χ0n) is 12.7. The van der Waals surface area contributed by atoms with Gasteiger partial charge in [0.1, 0.15) is 0 Å². The Hall–Kier alpha value is -1.56. The van der Waals surface area contributed by atoms with Crippen LogP contribution in [0.3, 0.4) is 0 Å². The van der Waals surface area contributed by atoms with E-state index in [4.69, 9.17) is 0 Å². The molecule has 0 radical (unpaired) electrons. The summed E-state index contributed by atoms with van der Waals surface area (Å²) >= 11 is 0. The van der Waals surface area contributed by atoms with Crippen molar-refractivity contribution in [3.8, 4) is 0 Å². The van der Waals surface area contributed by atoms with Crippen LogP contribution in [0.5, 0.6) is 0 Å². The number of hydrogen-bond donors (Lipinski definition) is 0. The van der Waals surface area contributed by atoms with Crippen LogP contribution in [0.15, 0.2) is 48.5 Å². The molecule has 0 aliphatic heterocycles. The molecule has 2 aromatic carbocycles. The van der Waals surface area contributed by atoms with Crippen LogP contribution in [-0.4, -0.2) is 0 Å². The summed E-state index contributed by atoms with van der Waals surface area (Å²) in [6.07, 6.45) is 9.39. The predicted molar refractivity (Wildman–Crippen MR) is 88.7 cm³/mol. The van der Waals surface area contributed by atoms with E-state index in [2.05, 4.69) is 48.5 Å². The molecule has 0 heteroatoms. The van der Waals surface area contributed by atoms with Crippen molar-refractivity contribution in [2.45, 2.75) is 50.9 Å². The third kappa shape index (κ3) is 2.52. The molecule has 0 heterocycles. The fourth-order valence-electron chi connectivity index (χ4n) is 4.52. The van der Waals surface area contributed by atoms with Gasteiger partial charge >= 0.3 is 0 Å². The van der Waals surface area contributed by atoms with Crippen molar-refractivity contribution in [3.05, 3.63) is 70.8 Å². The van der Waals surface area contributed by atoms with Crippen LogP contribution in [0.4, 0.5) is 0 Å². The molecule has 0 amide bonds. The number of fused-ring (bicyclic) bond motifs is 2. The summed E-state index contributed by atoms with van der Waals surface area (Å²) in [7, 11) is 0. The van der Waals surface area contributed by atoms with E-state index in [1.54, 1.807) is 22.3 Å². The average Bonchev–Trinajstić information content (AvgIpc) is 2.77. The molecule has 0 spiro atoms. The maximum atomic E-state index is 2.41. The first-order chi connectivity index (χ1) is 10.4. The first-order valence-corrected chi connectivity index (χ1v) is 8.56. The summed E-state index contributed by atoms with van der Waals surface area (Å²) in [6, 6.07) is 18.3. The Bertz CT molecular complexity index is 625. The molecule has 0 fully saturated rings. The predicted octanol–water partition coefficient (Wildman–Crippen LogP) is 5.30. The lowest BCUT2D eigenvalue weighted by atomic mass is 9.73. The van der Waals surface area contributed by atoms with Crippen LogP contribution in [-0.2, 0) is 19.3 Å². The summed E-state index contributed by atoms with van der Waals surface area (Å²) < 4.78 is 0. The lowest BCUT2D eigenvalue weighted by Crippen LogP contribution is -2.21. The topological polar surface area (TPSA) is 0 Å². The van der Waals surface area contributed by atoms with Gasteiger partial charge in [0.2, 0.25) is 0 Å². The van der Waals surface area contributed by atoms with Gasteiger partial charge in [0.25, 0.3) is 0 Å². The van der Waals surface area contributed by atoms with Gasteiger partial charge in [0.05, 0.1) is 0 Å². The largest absolute Gasteiger partial charge is 0.0620 e. The lowest BCUT2D eigenvalue weighted by Gasteiger charge is -2.32. The van der Waals surface area contributed by atoms with Crippen molar-refractivity contribution >= 4 is 0 Å². The minimum atomic E-state index is 0.789. The molecular weight excluding hydrogens is 252 g/mol. The zero-order valence-corrected chi connectivity index (χ0v) is 12.7. The fraction of sp³-hybridized carbons (Fsp3) is 0.429. The summed E-state index contributed by atoms with van der Waals surface area (Å²) in [5, 5.41) is 0. The summed E-state index contributed by atoms with van der Waals surface area (Å²) in [5.74, 6) is 1.64. The molecule has 2 unspecified atom stereocenters. The smallest absolute Gasteiger partial charge is 0.0128 e. The average molecular weight is 276 g/mol. The van der Waals surface area contributed by atoms with Crippen LogP contribution in [0.2, 0.25) is 0 Å². The highest BCUT2D eigenvalue weighted by atomic mass is 14.3. The van der Waals surface area contributed by atoms with Crippen LogP contribution >= 0.6 is 0 Å². The van der Waals surface area contributed by atoms with Crippen LogP contribution in [0, 0.1) is 5.92 Å². The highest BCUT2D eigenvalue weighted by Crippen LogP contribution is 2.41. The Balaban J connectivity index is 1.65. The Kier molecular flexibility index (Phi) is 3.55. The van der Waals surface area contributed by atoms with Crippen LogP contribution in [0.1, 0.15) is 53.9 Å². The molecule has 21 heavy (non-hydrogen) atoms. The molecule has 2 aromatic rings. The van der Waals surface area contributed by atoms with Crippen LogP contribution < -0.4 is 0 Å². The molecule has 0 saturated heterocycles. The van der Waals surface area contributed by atoms with Gasteiger partial charge in [-0.3, -0.25) is 0 Å². The molecule has 0 bridgehead atoms. The van der Waals surface area contributed by atoms with Gasteiger partial charge in [0, 0.05) is 0 Å². The number of rotatable bonds is 1. The van der Waals surface area contributed by atoms with Gasteiger partial charge in [-0.05, 0) is 72.6 Å². The third-order valence-electron chi connectivity index (χ3n) is 5.62. The summed E-state index contributed by atoms with van der Waals surface area (Å²) in [4.78, 5) is 0. The molecule has 4 rings (SSSR count). The maximum absolute atomic E-state index is 2.41. The number of aryl methyl sites for hydroxylation is 2. The first kappa shape index (κ1) is 13.1. The second-order valence-corrected chi connectivity index (χ2v) is 6.82. The maximum Gasteiger partial charge on any atom is -0.0128 e. The molecule has 2 aliphatic rings. The van der Waals surface area contributed by atoms with Gasteiger partial charge < -0.3 is 0 Å². The molecule has 0 aromatic heterocycles. The van der Waals surface area contributed by atoms with E-state index in [1.807, 2.05) is 0 Å². The molecule has 0 nitrogen and oxygen atoms in total. The van der Waals surface area contributed by atoms with E-state index in [9.17, 15) is 0 Å². The Labute approximate surface area is 128 Å². The third-order valence-corrected chi connectivity index (χ3v) is 5.62. The minimum absolute atomic E-state index is 0.789. The molecule has 0 N–H and O–H groups in total. The molecule has 108 valence electrons. The molecule has 2 atom stereocenters. The van der Waals surface area contributed by atoms with Gasteiger partial charge in [-0.25, -0.2) is 0 Å². The number of hydrogen-bond acceptors (Lipinski definition) is 0. The summed E-state index contributed by atoms with van der Waals surface area (Å²) in [6.45, 7) is 0. The zero-order chi connectivity index (χ0) is 14.1. The molecular formula is C21H24. The minimum Gasteiger partial charge on any atom is -0.0620 e. The second kappa shape index (κ2) is 5.67. The van der Waals surface area contributed by atoms with E-state index < -0.39 is 0 Å². The van der Waals surface area contributed by atoms with Crippen molar-refractivity contribution in [2.24, 2.45) is 5.92 Å². The highest BCUT2D eigenvalue weighted by Gasteiger charge is 2.29. The van der Waals surface area contributed by atoms with E-state index in [1.165, 1.54) is 44.9 Å². The van der Waals surface area contributed by atoms with Crippen molar-refractivity contribution < 1.29 is 0 Å².